The Morgan fingerprint density at radius 1 is 1.38 bits per heavy atom. The minimum absolute atomic E-state index is 0.140. The molecule has 0 radical (unpaired) electrons. The summed E-state index contributed by atoms with van der Waals surface area (Å²) >= 11 is 0. The van der Waals surface area contributed by atoms with E-state index < -0.39 is 11.9 Å². The summed E-state index contributed by atoms with van der Waals surface area (Å²) in [6, 6.07) is 6.15. The van der Waals surface area contributed by atoms with Crippen molar-refractivity contribution in [2.75, 3.05) is 6.54 Å². The van der Waals surface area contributed by atoms with E-state index in [1.165, 1.54) is 16.5 Å². The summed E-state index contributed by atoms with van der Waals surface area (Å²) in [6.45, 7) is 2.59. The van der Waals surface area contributed by atoms with Gasteiger partial charge in [-0.2, -0.15) is 0 Å². The van der Waals surface area contributed by atoms with Crippen LogP contribution in [0.2, 0.25) is 0 Å². The van der Waals surface area contributed by atoms with Crippen molar-refractivity contribution in [3.8, 4) is 0 Å². The summed E-state index contributed by atoms with van der Waals surface area (Å²) in [6.07, 6.45) is 3.17. The van der Waals surface area contributed by atoms with Gasteiger partial charge in [0.05, 0.1) is 11.8 Å². The molecular weight excluding hydrogens is 268 g/mol. The third-order valence-electron chi connectivity index (χ3n) is 4.15. The monoisotopic (exact) mass is 286 g/mol. The lowest BCUT2D eigenvalue weighted by atomic mass is 10.1. The molecule has 1 aromatic carbocycles. The van der Waals surface area contributed by atoms with Crippen molar-refractivity contribution in [1.29, 1.82) is 0 Å². The number of H-pyrrole nitrogens is 1. The number of aromatic nitrogens is 1. The van der Waals surface area contributed by atoms with E-state index in [1.807, 2.05) is 12.3 Å². The van der Waals surface area contributed by atoms with Gasteiger partial charge in [0.15, 0.2) is 0 Å². The van der Waals surface area contributed by atoms with E-state index >= 15 is 0 Å². The molecule has 0 bridgehead atoms. The molecule has 2 atom stereocenters. The van der Waals surface area contributed by atoms with Gasteiger partial charge in [0.25, 0.3) is 0 Å². The molecule has 1 heterocycles. The Balaban J connectivity index is 1.57. The van der Waals surface area contributed by atoms with Crippen molar-refractivity contribution in [3.05, 3.63) is 35.5 Å². The van der Waals surface area contributed by atoms with Gasteiger partial charge in [-0.25, -0.2) is 0 Å². The van der Waals surface area contributed by atoms with Crippen LogP contribution in [0.4, 0.5) is 0 Å². The summed E-state index contributed by atoms with van der Waals surface area (Å²) in [5.41, 5.74) is 3.50. The standard InChI is InChI=1S/C16H18N2O3/c1-9-3-2-4-11-10(8-18-14(9)11)5-6-17-15(19)12-7-13(12)16(20)21/h2-4,8,12-13,18H,5-7H2,1H3,(H,17,19)(H,20,21)/t12-,13-/m1/s1. The molecule has 1 saturated carbocycles. The second-order valence-corrected chi connectivity index (χ2v) is 5.64. The number of aromatic amines is 1. The van der Waals surface area contributed by atoms with Crippen LogP contribution >= 0.6 is 0 Å². The van der Waals surface area contributed by atoms with E-state index in [1.54, 1.807) is 0 Å². The zero-order valence-electron chi connectivity index (χ0n) is 11.8. The van der Waals surface area contributed by atoms with Gasteiger partial charge in [0.1, 0.15) is 0 Å². The maximum atomic E-state index is 11.8. The second-order valence-electron chi connectivity index (χ2n) is 5.64. The predicted octanol–water partition coefficient (Wildman–Crippen LogP) is 1.86. The molecule has 3 rings (SSSR count). The van der Waals surface area contributed by atoms with Gasteiger partial charge in [0, 0.05) is 23.6 Å². The van der Waals surface area contributed by atoms with Crippen molar-refractivity contribution in [1.82, 2.24) is 10.3 Å². The number of rotatable bonds is 5. The van der Waals surface area contributed by atoms with Crippen LogP contribution in [-0.2, 0) is 16.0 Å². The van der Waals surface area contributed by atoms with Gasteiger partial charge in [-0.05, 0) is 30.9 Å². The van der Waals surface area contributed by atoms with Gasteiger partial charge in [-0.15, -0.1) is 0 Å². The van der Waals surface area contributed by atoms with Crippen molar-refractivity contribution in [2.24, 2.45) is 11.8 Å². The first-order valence-corrected chi connectivity index (χ1v) is 7.14. The molecule has 1 aliphatic carbocycles. The number of carboxylic acids is 1. The highest BCUT2D eigenvalue weighted by atomic mass is 16.4. The molecule has 5 nitrogen and oxygen atoms in total. The number of fused-ring (bicyclic) bond motifs is 1. The number of carboxylic acid groups (broad SMARTS) is 1. The maximum absolute atomic E-state index is 11.8. The number of aliphatic carboxylic acids is 1. The number of nitrogens with one attached hydrogen (secondary N) is 2. The molecule has 1 aromatic heterocycles. The second kappa shape index (κ2) is 5.24. The lowest BCUT2D eigenvalue weighted by Crippen LogP contribution is -2.28. The number of para-hydroxylation sites is 1. The van der Waals surface area contributed by atoms with Gasteiger partial charge in [-0.3, -0.25) is 9.59 Å². The molecule has 21 heavy (non-hydrogen) atoms. The molecule has 1 fully saturated rings. The van der Waals surface area contributed by atoms with Crippen LogP contribution in [0.15, 0.2) is 24.4 Å². The van der Waals surface area contributed by atoms with Crippen LogP contribution in [0.1, 0.15) is 17.5 Å². The van der Waals surface area contributed by atoms with Crippen LogP contribution in [0.3, 0.4) is 0 Å². The predicted molar refractivity (Wildman–Crippen MR) is 79.0 cm³/mol. The third kappa shape index (κ3) is 2.63. The molecule has 5 heteroatoms. The Bertz CT molecular complexity index is 705. The third-order valence-corrected chi connectivity index (χ3v) is 4.15. The highest BCUT2D eigenvalue weighted by Gasteiger charge is 2.48. The summed E-state index contributed by atoms with van der Waals surface area (Å²) in [5, 5.41) is 12.8. The average Bonchev–Trinajstić information content (AvgIpc) is 3.16. The Morgan fingerprint density at radius 2 is 2.19 bits per heavy atom. The SMILES string of the molecule is Cc1cccc2c(CCNC(=O)[C@@H]3C[C@H]3C(=O)O)c[nH]c12. The lowest BCUT2D eigenvalue weighted by molar-refractivity contribution is -0.140. The van der Waals surface area contributed by atoms with Gasteiger partial charge >= 0.3 is 5.97 Å². The molecule has 1 amide bonds. The van der Waals surface area contributed by atoms with Crippen LogP contribution in [0.25, 0.3) is 10.9 Å². The number of hydrogen-bond acceptors (Lipinski definition) is 2. The molecular formula is C16H18N2O3. The Labute approximate surface area is 122 Å². The molecule has 2 aromatic rings. The summed E-state index contributed by atoms with van der Waals surface area (Å²) in [7, 11) is 0. The van der Waals surface area contributed by atoms with Crippen LogP contribution in [0, 0.1) is 18.8 Å². The smallest absolute Gasteiger partial charge is 0.307 e. The zero-order valence-corrected chi connectivity index (χ0v) is 11.8. The Kier molecular flexibility index (Phi) is 3.41. The molecule has 0 unspecified atom stereocenters. The number of amides is 1. The fourth-order valence-electron chi connectivity index (χ4n) is 2.78. The van der Waals surface area contributed by atoms with Crippen LogP contribution < -0.4 is 5.32 Å². The van der Waals surface area contributed by atoms with E-state index in [0.717, 1.165) is 11.9 Å². The van der Waals surface area contributed by atoms with Crippen molar-refractivity contribution in [3.63, 3.8) is 0 Å². The zero-order chi connectivity index (χ0) is 15.0. The number of benzene rings is 1. The van der Waals surface area contributed by atoms with Gasteiger partial charge in [-0.1, -0.05) is 18.2 Å². The normalized spacial score (nSPS) is 20.4. The van der Waals surface area contributed by atoms with Gasteiger partial charge < -0.3 is 15.4 Å². The summed E-state index contributed by atoms with van der Waals surface area (Å²) in [4.78, 5) is 25.8. The first-order chi connectivity index (χ1) is 10.1. The number of carbonyl (C=O) groups is 2. The largest absolute Gasteiger partial charge is 0.481 e. The van der Waals surface area contributed by atoms with Gasteiger partial charge in [0.2, 0.25) is 5.91 Å². The fourth-order valence-corrected chi connectivity index (χ4v) is 2.78. The molecule has 0 spiro atoms. The summed E-state index contributed by atoms with van der Waals surface area (Å²) in [5.74, 6) is -1.84. The Morgan fingerprint density at radius 3 is 2.90 bits per heavy atom. The van der Waals surface area contributed by atoms with E-state index in [-0.39, 0.29) is 11.8 Å². The quantitative estimate of drug-likeness (QED) is 0.784. The minimum Gasteiger partial charge on any atom is -0.481 e. The van der Waals surface area contributed by atoms with E-state index in [9.17, 15) is 9.59 Å². The molecule has 0 aliphatic heterocycles. The first-order valence-electron chi connectivity index (χ1n) is 7.14. The molecule has 110 valence electrons. The van der Waals surface area contributed by atoms with E-state index in [2.05, 4.69) is 29.4 Å². The Hall–Kier alpha value is -2.30. The van der Waals surface area contributed by atoms with E-state index in [0.29, 0.717) is 13.0 Å². The highest BCUT2D eigenvalue weighted by Crippen LogP contribution is 2.38. The lowest BCUT2D eigenvalue weighted by Gasteiger charge is -2.04. The maximum Gasteiger partial charge on any atom is 0.307 e. The summed E-state index contributed by atoms with van der Waals surface area (Å²) < 4.78 is 0. The van der Waals surface area contributed by atoms with Crippen molar-refractivity contribution >= 4 is 22.8 Å². The minimum atomic E-state index is -0.873. The van der Waals surface area contributed by atoms with Crippen LogP contribution in [-0.4, -0.2) is 28.5 Å². The molecule has 1 aliphatic rings. The number of carbonyl (C=O) groups excluding carboxylic acids is 1. The van der Waals surface area contributed by atoms with Crippen molar-refractivity contribution < 1.29 is 14.7 Å². The number of aryl methyl sites for hydroxylation is 1. The topological polar surface area (TPSA) is 82.2 Å². The molecule has 0 saturated heterocycles. The highest BCUT2D eigenvalue weighted by molar-refractivity contribution is 5.89. The number of hydrogen-bond donors (Lipinski definition) is 3. The van der Waals surface area contributed by atoms with E-state index in [4.69, 9.17) is 5.11 Å². The molecule has 3 N–H and O–H groups in total. The van der Waals surface area contributed by atoms with Crippen LogP contribution in [0.5, 0.6) is 0 Å². The fraction of sp³-hybridized carbons (Fsp3) is 0.375. The van der Waals surface area contributed by atoms with Crippen molar-refractivity contribution in [2.45, 2.75) is 19.8 Å². The average molecular weight is 286 g/mol. The first kappa shape index (κ1) is 13.7.